The second kappa shape index (κ2) is 8.89. The number of carbonyl (C=O) groups excluding carboxylic acids is 1. The van der Waals surface area contributed by atoms with Gasteiger partial charge in [-0.3, -0.25) is 4.79 Å². The molecule has 1 fully saturated rings. The lowest BCUT2D eigenvalue weighted by Crippen LogP contribution is -2.45. The highest BCUT2D eigenvalue weighted by molar-refractivity contribution is 5.90. The highest BCUT2D eigenvalue weighted by Gasteiger charge is 2.27. The minimum atomic E-state index is -0.973. The predicted molar refractivity (Wildman–Crippen MR) is 110 cm³/mol. The van der Waals surface area contributed by atoms with Gasteiger partial charge in [0.05, 0.1) is 11.5 Å². The van der Waals surface area contributed by atoms with Gasteiger partial charge >= 0.3 is 5.97 Å². The minimum absolute atomic E-state index is 0.0767. The van der Waals surface area contributed by atoms with Crippen molar-refractivity contribution >= 4 is 17.6 Å². The summed E-state index contributed by atoms with van der Waals surface area (Å²) in [6.45, 7) is 6.22. The van der Waals surface area contributed by atoms with Gasteiger partial charge in [-0.15, -0.1) is 0 Å². The summed E-state index contributed by atoms with van der Waals surface area (Å²) < 4.78 is 0. The van der Waals surface area contributed by atoms with E-state index in [0.29, 0.717) is 6.54 Å². The molecule has 2 N–H and O–H groups in total. The molecule has 1 saturated heterocycles. The van der Waals surface area contributed by atoms with Crippen LogP contribution < -0.4 is 10.2 Å². The van der Waals surface area contributed by atoms with E-state index in [-0.39, 0.29) is 11.5 Å². The van der Waals surface area contributed by atoms with Crippen LogP contribution in [0.3, 0.4) is 0 Å². The third kappa shape index (κ3) is 4.34. The van der Waals surface area contributed by atoms with Crippen molar-refractivity contribution in [3.8, 4) is 0 Å². The molecule has 3 rings (SSSR count). The zero-order valence-electron chi connectivity index (χ0n) is 16.4. The van der Waals surface area contributed by atoms with Gasteiger partial charge in [-0.2, -0.15) is 0 Å². The molecule has 0 spiro atoms. The van der Waals surface area contributed by atoms with Crippen molar-refractivity contribution in [1.29, 1.82) is 0 Å². The van der Waals surface area contributed by atoms with Gasteiger partial charge in [-0.1, -0.05) is 30.3 Å². The molecular weight excluding hydrogens is 354 g/mol. The topological polar surface area (TPSA) is 72.9 Å². The number of nitrogens with zero attached hydrogens (tertiary/aromatic N) is 2. The van der Waals surface area contributed by atoms with E-state index in [1.165, 1.54) is 0 Å². The smallest absolute Gasteiger partial charge is 0.335 e. The Bertz CT molecular complexity index is 827. The van der Waals surface area contributed by atoms with Crippen LogP contribution >= 0.6 is 0 Å². The number of para-hydroxylation sites is 1. The minimum Gasteiger partial charge on any atom is -0.478 e. The molecule has 0 radical (unpaired) electrons. The van der Waals surface area contributed by atoms with Crippen molar-refractivity contribution in [2.45, 2.75) is 12.8 Å². The van der Waals surface area contributed by atoms with Crippen molar-refractivity contribution in [2.24, 2.45) is 0 Å². The van der Waals surface area contributed by atoms with Crippen LogP contribution in [0.4, 0.5) is 5.69 Å². The molecule has 1 atom stereocenters. The first-order valence-electron chi connectivity index (χ1n) is 9.64. The van der Waals surface area contributed by atoms with E-state index in [0.717, 1.165) is 43.0 Å². The molecule has 1 aliphatic rings. The zero-order chi connectivity index (χ0) is 20.1. The summed E-state index contributed by atoms with van der Waals surface area (Å²) in [7, 11) is 2.12. The lowest BCUT2D eigenvalue weighted by atomic mass is 9.88. The van der Waals surface area contributed by atoms with Crippen molar-refractivity contribution in [3.05, 3.63) is 65.2 Å². The number of aromatic carboxylic acids is 1. The normalized spacial score (nSPS) is 15.9. The van der Waals surface area contributed by atoms with Crippen LogP contribution in [0, 0.1) is 0 Å². The largest absolute Gasteiger partial charge is 0.478 e. The number of hydrogen-bond donors (Lipinski definition) is 2. The quantitative estimate of drug-likeness (QED) is 0.804. The Balaban J connectivity index is 2.01. The highest BCUT2D eigenvalue weighted by Crippen LogP contribution is 2.33. The molecule has 0 aromatic heterocycles. The average molecular weight is 381 g/mol. The molecule has 28 heavy (non-hydrogen) atoms. The Morgan fingerprint density at radius 1 is 1.04 bits per heavy atom. The fraction of sp³-hybridized carbons (Fsp3) is 0.364. The molecule has 0 bridgehead atoms. The Hall–Kier alpha value is -2.86. The van der Waals surface area contributed by atoms with Crippen LogP contribution in [0.1, 0.15) is 34.3 Å². The summed E-state index contributed by atoms with van der Waals surface area (Å²) in [6, 6.07) is 14.6. The summed E-state index contributed by atoms with van der Waals surface area (Å²) in [4.78, 5) is 28.8. The van der Waals surface area contributed by atoms with Crippen LogP contribution in [0.5, 0.6) is 0 Å². The van der Waals surface area contributed by atoms with Crippen molar-refractivity contribution < 1.29 is 14.7 Å². The van der Waals surface area contributed by atoms with E-state index in [2.05, 4.69) is 28.2 Å². The standard InChI is InChI=1S/C22H27N3O3/c1-3-23-21(26)20(16-8-10-17(11-9-16)22(27)28)18-6-4-5-7-19(18)25-14-12-24(2)13-15-25/h4-11,20H,3,12-15H2,1-2H3,(H,23,26)(H,27,28). The number of hydrogen-bond acceptors (Lipinski definition) is 4. The van der Waals surface area contributed by atoms with E-state index < -0.39 is 11.9 Å². The first kappa shape index (κ1) is 19.9. The fourth-order valence-corrected chi connectivity index (χ4v) is 3.63. The molecule has 1 amide bonds. The molecule has 0 saturated carbocycles. The van der Waals surface area contributed by atoms with Crippen molar-refractivity contribution in [3.63, 3.8) is 0 Å². The number of carboxylic acid groups (broad SMARTS) is 1. The first-order valence-corrected chi connectivity index (χ1v) is 9.64. The lowest BCUT2D eigenvalue weighted by Gasteiger charge is -2.36. The van der Waals surface area contributed by atoms with Crippen molar-refractivity contribution in [1.82, 2.24) is 10.2 Å². The number of carboxylic acids is 1. The van der Waals surface area contributed by atoms with Crippen LogP contribution in [0.2, 0.25) is 0 Å². The third-order valence-corrected chi connectivity index (χ3v) is 5.20. The van der Waals surface area contributed by atoms with Gasteiger partial charge in [0.2, 0.25) is 5.91 Å². The number of anilines is 1. The Morgan fingerprint density at radius 3 is 2.29 bits per heavy atom. The maximum atomic E-state index is 13.0. The summed E-state index contributed by atoms with van der Waals surface area (Å²) >= 11 is 0. The number of amides is 1. The molecule has 6 heteroatoms. The Morgan fingerprint density at radius 2 is 1.68 bits per heavy atom. The maximum absolute atomic E-state index is 13.0. The second-order valence-electron chi connectivity index (χ2n) is 7.10. The maximum Gasteiger partial charge on any atom is 0.335 e. The molecule has 0 aliphatic carbocycles. The van der Waals surface area contributed by atoms with Crippen molar-refractivity contribution in [2.75, 3.05) is 44.7 Å². The van der Waals surface area contributed by atoms with E-state index in [1.54, 1.807) is 24.3 Å². The van der Waals surface area contributed by atoms with Crippen LogP contribution in [0.15, 0.2) is 48.5 Å². The number of nitrogens with one attached hydrogen (secondary N) is 1. The molecule has 148 valence electrons. The van der Waals surface area contributed by atoms with Gasteiger partial charge < -0.3 is 20.2 Å². The summed E-state index contributed by atoms with van der Waals surface area (Å²) in [5.74, 6) is -1.54. The monoisotopic (exact) mass is 381 g/mol. The summed E-state index contributed by atoms with van der Waals surface area (Å²) in [6.07, 6.45) is 0. The van der Waals surface area contributed by atoms with E-state index in [4.69, 9.17) is 0 Å². The van der Waals surface area contributed by atoms with Crippen LogP contribution in [-0.2, 0) is 4.79 Å². The van der Waals surface area contributed by atoms with Crippen LogP contribution in [0.25, 0.3) is 0 Å². The summed E-state index contributed by atoms with van der Waals surface area (Å²) in [5.41, 5.74) is 3.01. The number of carbonyl (C=O) groups is 2. The van der Waals surface area contributed by atoms with E-state index in [1.807, 2.05) is 25.1 Å². The molecule has 1 heterocycles. The molecule has 2 aromatic rings. The molecule has 2 aromatic carbocycles. The number of likely N-dealkylation sites (N-methyl/N-ethyl adjacent to an activating group) is 2. The predicted octanol–water partition coefficient (Wildman–Crippen LogP) is 2.40. The third-order valence-electron chi connectivity index (χ3n) is 5.20. The van der Waals surface area contributed by atoms with Gasteiger partial charge in [-0.25, -0.2) is 4.79 Å². The first-order chi connectivity index (χ1) is 13.5. The van der Waals surface area contributed by atoms with Crippen LogP contribution in [-0.4, -0.2) is 61.7 Å². The number of piperazine rings is 1. The van der Waals surface area contributed by atoms with Gasteiger partial charge in [0, 0.05) is 38.4 Å². The average Bonchev–Trinajstić information content (AvgIpc) is 2.70. The SMILES string of the molecule is CCNC(=O)C(c1ccc(C(=O)O)cc1)c1ccccc1N1CCN(C)CC1. The van der Waals surface area contributed by atoms with Gasteiger partial charge in [0.15, 0.2) is 0 Å². The highest BCUT2D eigenvalue weighted by atomic mass is 16.4. The molecule has 6 nitrogen and oxygen atoms in total. The van der Waals surface area contributed by atoms with E-state index in [9.17, 15) is 14.7 Å². The zero-order valence-corrected chi connectivity index (χ0v) is 16.4. The van der Waals surface area contributed by atoms with Gasteiger partial charge in [0.1, 0.15) is 0 Å². The Labute approximate surface area is 165 Å². The van der Waals surface area contributed by atoms with E-state index >= 15 is 0 Å². The molecule has 1 unspecified atom stereocenters. The Kier molecular flexibility index (Phi) is 6.31. The molecular formula is C22H27N3O3. The fourth-order valence-electron chi connectivity index (χ4n) is 3.63. The summed E-state index contributed by atoms with van der Waals surface area (Å²) in [5, 5.41) is 12.1. The number of rotatable bonds is 6. The molecule has 1 aliphatic heterocycles. The number of benzene rings is 2. The second-order valence-corrected chi connectivity index (χ2v) is 7.10. The van der Waals surface area contributed by atoms with Gasteiger partial charge in [0.25, 0.3) is 0 Å². The lowest BCUT2D eigenvalue weighted by molar-refractivity contribution is -0.121. The van der Waals surface area contributed by atoms with Gasteiger partial charge in [-0.05, 0) is 43.3 Å².